The average Bonchev–Trinajstić information content (AvgIpc) is 3.15. The van der Waals surface area contributed by atoms with Crippen molar-refractivity contribution in [3.63, 3.8) is 0 Å². The monoisotopic (exact) mass is 364 g/mol. The number of hydrogen-bond acceptors (Lipinski definition) is 5. The van der Waals surface area contributed by atoms with Gasteiger partial charge in [-0.2, -0.15) is 5.26 Å². The molecule has 7 nitrogen and oxygen atoms in total. The van der Waals surface area contributed by atoms with Gasteiger partial charge >= 0.3 is 0 Å². The van der Waals surface area contributed by atoms with Crippen LogP contribution in [0.4, 0.5) is 0 Å². The van der Waals surface area contributed by atoms with Crippen LogP contribution in [0.1, 0.15) is 50.8 Å². The van der Waals surface area contributed by atoms with Crippen molar-refractivity contribution in [3.8, 4) is 6.07 Å². The minimum absolute atomic E-state index is 0.0154. The van der Waals surface area contributed by atoms with Crippen LogP contribution in [-0.2, 0) is 0 Å². The van der Waals surface area contributed by atoms with Crippen molar-refractivity contribution < 1.29 is 0 Å². The Balaban J connectivity index is 1.83. The first-order chi connectivity index (χ1) is 13.1. The lowest BCUT2D eigenvalue weighted by Crippen LogP contribution is -2.39. The van der Waals surface area contributed by atoms with Crippen LogP contribution in [-0.4, -0.2) is 44.1 Å². The lowest BCUT2D eigenvalue weighted by molar-refractivity contribution is 0.190. The summed E-state index contributed by atoms with van der Waals surface area (Å²) in [6.07, 6.45) is 5.97. The van der Waals surface area contributed by atoms with Crippen molar-refractivity contribution in [2.24, 2.45) is 0 Å². The fourth-order valence-corrected chi connectivity index (χ4v) is 4.05. The molecule has 3 aromatic rings. The van der Waals surface area contributed by atoms with Gasteiger partial charge in [0.05, 0.1) is 17.8 Å². The normalized spacial score (nSPS) is 16.4. The van der Waals surface area contributed by atoms with Crippen LogP contribution in [0.2, 0.25) is 0 Å². The minimum Gasteiger partial charge on any atom is -0.346 e. The molecule has 7 heteroatoms. The van der Waals surface area contributed by atoms with Gasteiger partial charge in [-0.3, -0.25) is 4.79 Å². The number of H-pyrrole nitrogens is 1. The summed E-state index contributed by atoms with van der Waals surface area (Å²) >= 11 is 0. The molecule has 0 spiro atoms. The van der Waals surface area contributed by atoms with E-state index < -0.39 is 0 Å². The van der Waals surface area contributed by atoms with Crippen molar-refractivity contribution in [1.29, 1.82) is 5.26 Å². The summed E-state index contributed by atoms with van der Waals surface area (Å²) < 4.78 is 1.97. The molecule has 0 amide bonds. The molecule has 1 aliphatic rings. The Hall–Kier alpha value is -2.72. The fourth-order valence-electron chi connectivity index (χ4n) is 4.05. The lowest BCUT2D eigenvalue weighted by Gasteiger charge is -2.33. The predicted molar refractivity (Wildman–Crippen MR) is 105 cm³/mol. The largest absolute Gasteiger partial charge is 0.346 e. The molecule has 3 aromatic heterocycles. The van der Waals surface area contributed by atoms with Gasteiger partial charge in [0.1, 0.15) is 16.9 Å². The number of hydrogen-bond donors (Lipinski definition) is 1. The molecule has 27 heavy (non-hydrogen) atoms. The second-order valence-electron chi connectivity index (χ2n) is 7.54. The van der Waals surface area contributed by atoms with Crippen LogP contribution in [0.5, 0.6) is 0 Å². The second-order valence-corrected chi connectivity index (χ2v) is 7.54. The molecule has 0 radical (unpaired) electrons. The van der Waals surface area contributed by atoms with Crippen LogP contribution in [0.3, 0.4) is 0 Å². The van der Waals surface area contributed by atoms with Crippen LogP contribution < -0.4 is 5.56 Å². The molecule has 0 aliphatic carbocycles. The van der Waals surface area contributed by atoms with Crippen molar-refractivity contribution in [2.75, 3.05) is 19.6 Å². The van der Waals surface area contributed by atoms with Gasteiger partial charge in [0.2, 0.25) is 0 Å². The molecule has 1 fully saturated rings. The summed E-state index contributed by atoms with van der Waals surface area (Å²) in [7, 11) is 0. The highest BCUT2D eigenvalue weighted by atomic mass is 16.1. The summed E-state index contributed by atoms with van der Waals surface area (Å²) in [5.74, 6) is 0.0609. The van der Waals surface area contributed by atoms with E-state index in [1.165, 1.54) is 0 Å². The molecule has 1 aliphatic heterocycles. The molecular formula is C20H24N6O. The highest BCUT2D eigenvalue weighted by Crippen LogP contribution is 2.29. The third-order valence-corrected chi connectivity index (χ3v) is 5.47. The zero-order chi connectivity index (χ0) is 19.0. The van der Waals surface area contributed by atoms with Crippen LogP contribution >= 0.6 is 0 Å². The van der Waals surface area contributed by atoms with Gasteiger partial charge < -0.3 is 14.5 Å². The number of rotatable bonds is 4. The molecule has 0 saturated carbocycles. The number of nitrogens with one attached hydrogen (secondary N) is 1. The number of piperidine rings is 1. The van der Waals surface area contributed by atoms with Crippen molar-refractivity contribution in [2.45, 2.75) is 45.1 Å². The zero-order valence-electron chi connectivity index (χ0n) is 15.8. The summed E-state index contributed by atoms with van der Waals surface area (Å²) in [5, 5.41) is 9.75. The van der Waals surface area contributed by atoms with E-state index in [1.807, 2.05) is 30.7 Å². The van der Waals surface area contributed by atoms with E-state index >= 15 is 0 Å². The van der Waals surface area contributed by atoms with Crippen molar-refractivity contribution >= 4 is 22.1 Å². The Labute approximate surface area is 157 Å². The smallest absolute Gasteiger partial charge is 0.273 e. The Kier molecular flexibility index (Phi) is 4.66. The minimum atomic E-state index is 0.0154. The van der Waals surface area contributed by atoms with E-state index in [0.717, 1.165) is 54.5 Å². The molecule has 1 saturated heterocycles. The van der Waals surface area contributed by atoms with E-state index in [9.17, 15) is 4.79 Å². The Bertz CT molecular complexity index is 1070. The first-order valence-electron chi connectivity index (χ1n) is 9.57. The third-order valence-electron chi connectivity index (χ3n) is 5.47. The molecule has 4 rings (SSSR count). The summed E-state index contributed by atoms with van der Waals surface area (Å²) in [6.45, 7) is 6.62. The molecule has 0 unspecified atom stereocenters. The molecule has 0 aromatic carbocycles. The van der Waals surface area contributed by atoms with E-state index in [1.54, 1.807) is 6.20 Å². The zero-order valence-corrected chi connectivity index (χ0v) is 15.8. The topological polar surface area (TPSA) is 90.6 Å². The standard InChI is InChI=1S/C20H24N6O/c1-13(2)17-20(27)26(14-5-10-25(11-6-14)9-3-7-21)18-15-4-8-22-19(15)23-12-16(18)24-17/h4,8,12-14H,3,5-6,9-11H2,1-2H3,(H,22,23). The molecule has 140 valence electrons. The van der Waals surface area contributed by atoms with Gasteiger partial charge in [0.25, 0.3) is 5.56 Å². The second kappa shape index (κ2) is 7.12. The van der Waals surface area contributed by atoms with E-state index in [2.05, 4.69) is 25.9 Å². The molecular weight excluding hydrogens is 340 g/mol. The van der Waals surface area contributed by atoms with Crippen molar-refractivity contribution in [3.05, 3.63) is 34.5 Å². The number of pyridine rings is 1. The fraction of sp³-hybridized carbons (Fsp3) is 0.500. The maximum Gasteiger partial charge on any atom is 0.273 e. The first kappa shape index (κ1) is 17.7. The van der Waals surface area contributed by atoms with Gasteiger partial charge in [-0.1, -0.05) is 13.8 Å². The molecule has 0 bridgehead atoms. The van der Waals surface area contributed by atoms with Gasteiger partial charge in [-0.25, -0.2) is 9.97 Å². The number of nitrogens with zero attached hydrogens (tertiary/aromatic N) is 5. The van der Waals surface area contributed by atoms with E-state index in [0.29, 0.717) is 12.1 Å². The summed E-state index contributed by atoms with van der Waals surface area (Å²) in [4.78, 5) is 27.9. The number of aromatic amines is 1. The van der Waals surface area contributed by atoms with Gasteiger partial charge in [-0.05, 0) is 18.9 Å². The first-order valence-corrected chi connectivity index (χ1v) is 9.57. The summed E-state index contributed by atoms with van der Waals surface area (Å²) in [5.41, 5.74) is 3.05. The average molecular weight is 364 g/mol. The number of aromatic nitrogens is 4. The highest BCUT2D eigenvalue weighted by Gasteiger charge is 2.26. The lowest BCUT2D eigenvalue weighted by atomic mass is 10.0. The highest BCUT2D eigenvalue weighted by molar-refractivity contribution is 6.00. The van der Waals surface area contributed by atoms with E-state index in [-0.39, 0.29) is 17.5 Å². The third kappa shape index (κ3) is 3.10. The number of fused-ring (bicyclic) bond motifs is 3. The van der Waals surface area contributed by atoms with E-state index in [4.69, 9.17) is 5.26 Å². The molecule has 0 atom stereocenters. The van der Waals surface area contributed by atoms with Crippen LogP contribution in [0, 0.1) is 11.3 Å². The van der Waals surface area contributed by atoms with Crippen LogP contribution in [0.15, 0.2) is 23.3 Å². The van der Waals surface area contributed by atoms with Gasteiger partial charge in [-0.15, -0.1) is 0 Å². The Morgan fingerprint density at radius 3 is 2.85 bits per heavy atom. The SMILES string of the molecule is CC(C)c1nc2cnc3[nH]ccc3c2n(C2CCN(CCC#N)CC2)c1=O. The Morgan fingerprint density at radius 1 is 1.37 bits per heavy atom. The quantitative estimate of drug-likeness (QED) is 0.768. The van der Waals surface area contributed by atoms with Crippen molar-refractivity contribution in [1.82, 2.24) is 24.4 Å². The van der Waals surface area contributed by atoms with Gasteiger partial charge in [0, 0.05) is 49.6 Å². The maximum atomic E-state index is 13.4. The number of nitriles is 1. The maximum absolute atomic E-state index is 13.4. The summed E-state index contributed by atoms with van der Waals surface area (Å²) in [6, 6.07) is 4.32. The molecule has 1 N–H and O–H groups in total. The Morgan fingerprint density at radius 2 is 2.15 bits per heavy atom. The molecule has 4 heterocycles. The van der Waals surface area contributed by atoms with Crippen LogP contribution in [0.25, 0.3) is 22.1 Å². The predicted octanol–water partition coefficient (Wildman–Crippen LogP) is 2.95. The number of likely N-dealkylation sites (tertiary alicyclic amines) is 1. The van der Waals surface area contributed by atoms with Gasteiger partial charge in [0.15, 0.2) is 0 Å².